The highest BCUT2D eigenvalue weighted by Gasteiger charge is 2.32. The number of nitrogens with zero attached hydrogens (tertiary/aromatic N) is 2. The first-order valence-corrected chi connectivity index (χ1v) is 9.34. The topological polar surface area (TPSA) is 79.1 Å². The van der Waals surface area contributed by atoms with Crippen molar-refractivity contribution in [3.05, 3.63) is 57.5 Å². The average Bonchev–Trinajstić information content (AvgIpc) is 3.21. The largest absolute Gasteiger partial charge is 0.483 e. The predicted octanol–water partition coefficient (Wildman–Crippen LogP) is 2.59. The molecule has 0 aliphatic carbocycles. The number of aromatic nitrogens is 2. The molecule has 0 unspecified atom stereocenters. The van der Waals surface area contributed by atoms with Crippen LogP contribution in [-0.2, 0) is 22.6 Å². The van der Waals surface area contributed by atoms with Crippen LogP contribution in [0.3, 0.4) is 0 Å². The summed E-state index contributed by atoms with van der Waals surface area (Å²) in [6.07, 6.45) is 2.44. The van der Waals surface area contributed by atoms with Crippen molar-refractivity contribution in [1.82, 2.24) is 9.38 Å². The number of rotatable bonds is 5. The van der Waals surface area contributed by atoms with E-state index in [1.807, 2.05) is 26.0 Å². The van der Waals surface area contributed by atoms with Crippen molar-refractivity contribution in [3.8, 4) is 11.5 Å². The molecule has 0 bridgehead atoms. The summed E-state index contributed by atoms with van der Waals surface area (Å²) in [6, 6.07) is 6.98. The summed E-state index contributed by atoms with van der Waals surface area (Å²) in [5.74, 6) is 0.651. The Labute approximate surface area is 159 Å². The van der Waals surface area contributed by atoms with Gasteiger partial charge in [0.1, 0.15) is 12.2 Å². The van der Waals surface area contributed by atoms with Crippen LogP contribution in [0.15, 0.2) is 40.6 Å². The van der Waals surface area contributed by atoms with Gasteiger partial charge in [-0.25, -0.2) is 9.78 Å². The number of ether oxygens (including phenoxy) is 3. The quantitative estimate of drug-likeness (QED) is 0.627. The summed E-state index contributed by atoms with van der Waals surface area (Å²) in [4.78, 5) is 28.8. The van der Waals surface area contributed by atoms with Crippen molar-refractivity contribution in [2.75, 3.05) is 6.61 Å². The van der Waals surface area contributed by atoms with Crippen molar-refractivity contribution in [2.45, 2.75) is 32.5 Å². The van der Waals surface area contributed by atoms with Crippen molar-refractivity contribution < 1.29 is 19.0 Å². The molecule has 8 heteroatoms. The van der Waals surface area contributed by atoms with Gasteiger partial charge >= 0.3 is 5.97 Å². The molecular formula is C19H18N2O5S. The summed E-state index contributed by atoms with van der Waals surface area (Å²) in [5, 5.41) is 1.77. The molecule has 0 N–H and O–H groups in total. The fourth-order valence-electron chi connectivity index (χ4n) is 3.00. The van der Waals surface area contributed by atoms with Crippen molar-refractivity contribution >= 4 is 22.3 Å². The Balaban J connectivity index is 1.37. The Hall–Kier alpha value is -2.87. The fourth-order valence-corrected chi connectivity index (χ4v) is 3.73. The Morgan fingerprint density at radius 2 is 2.26 bits per heavy atom. The number of esters is 1. The van der Waals surface area contributed by atoms with Crippen LogP contribution in [0, 0.1) is 0 Å². The van der Waals surface area contributed by atoms with Gasteiger partial charge in [-0.1, -0.05) is 12.1 Å². The van der Waals surface area contributed by atoms with Gasteiger partial charge in [0.15, 0.2) is 23.1 Å². The van der Waals surface area contributed by atoms with E-state index in [1.54, 1.807) is 17.6 Å². The van der Waals surface area contributed by atoms with Gasteiger partial charge in [-0.05, 0) is 19.9 Å². The fraction of sp³-hybridized carbons (Fsp3) is 0.316. The van der Waals surface area contributed by atoms with E-state index >= 15 is 0 Å². The molecule has 0 spiro atoms. The second-order valence-corrected chi connectivity index (χ2v) is 7.75. The molecule has 1 aromatic carbocycles. The lowest BCUT2D eigenvalue weighted by Crippen LogP contribution is -2.24. The summed E-state index contributed by atoms with van der Waals surface area (Å²) >= 11 is 1.34. The molecular weight excluding hydrogens is 368 g/mol. The van der Waals surface area contributed by atoms with Gasteiger partial charge in [0.05, 0.1) is 5.69 Å². The van der Waals surface area contributed by atoms with Crippen LogP contribution in [0.25, 0.3) is 4.96 Å². The van der Waals surface area contributed by atoms with Crippen LogP contribution in [-0.4, -0.2) is 27.6 Å². The number of para-hydroxylation sites is 1. The zero-order valence-electron chi connectivity index (χ0n) is 14.9. The second kappa shape index (κ2) is 6.70. The van der Waals surface area contributed by atoms with Crippen molar-refractivity contribution in [2.24, 2.45) is 0 Å². The molecule has 1 aliphatic heterocycles. The minimum absolute atomic E-state index is 0.0811. The van der Waals surface area contributed by atoms with Crippen LogP contribution in [0.1, 0.15) is 25.1 Å². The van der Waals surface area contributed by atoms with Gasteiger partial charge in [0, 0.05) is 29.6 Å². The van der Waals surface area contributed by atoms with E-state index in [-0.39, 0.29) is 24.4 Å². The van der Waals surface area contributed by atoms with Gasteiger partial charge in [-0.2, -0.15) is 0 Å². The average molecular weight is 386 g/mol. The molecule has 140 valence electrons. The highest BCUT2D eigenvalue weighted by atomic mass is 32.1. The molecule has 0 fully saturated rings. The number of hydrogen-bond acceptors (Lipinski definition) is 7. The maximum atomic E-state index is 12.0. The molecule has 1 aliphatic rings. The Morgan fingerprint density at radius 1 is 1.41 bits per heavy atom. The predicted molar refractivity (Wildman–Crippen MR) is 99.5 cm³/mol. The summed E-state index contributed by atoms with van der Waals surface area (Å²) < 4.78 is 18.1. The number of hydrogen-bond donors (Lipinski definition) is 0. The molecule has 4 rings (SSSR count). The zero-order valence-corrected chi connectivity index (χ0v) is 15.7. The zero-order chi connectivity index (χ0) is 19.0. The minimum Gasteiger partial charge on any atom is -0.483 e. The molecule has 7 nitrogen and oxygen atoms in total. The van der Waals surface area contributed by atoms with Crippen molar-refractivity contribution in [1.29, 1.82) is 0 Å². The number of thiazole rings is 1. The Bertz CT molecular complexity index is 1070. The molecule has 0 saturated heterocycles. The number of carbonyl (C=O) groups is 1. The molecule has 0 radical (unpaired) electrons. The van der Waals surface area contributed by atoms with Gasteiger partial charge < -0.3 is 14.2 Å². The molecule has 2 aromatic heterocycles. The second-order valence-electron chi connectivity index (χ2n) is 6.87. The van der Waals surface area contributed by atoms with Crippen LogP contribution in [0.4, 0.5) is 0 Å². The first-order valence-electron chi connectivity index (χ1n) is 8.46. The van der Waals surface area contributed by atoms with Crippen LogP contribution >= 0.6 is 11.3 Å². The lowest BCUT2D eigenvalue weighted by atomic mass is 10.0. The van der Waals surface area contributed by atoms with Gasteiger partial charge in [-0.15, -0.1) is 11.3 Å². The third kappa shape index (κ3) is 3.66. The molecule has 3 aromatic rings. The first-order chi connectivity index (χ1) is 12.9. The molecule has 3 heterocycles. The van der Waals surface area contributed by atoms with E-state index in [1.165, 1.54) is 21.8 Å². The van der Waals surface area contributed by atoms with Crippen molar-refractivity contribution in [3.63, 3.8) is 0 Å². The van der Waals surface area contributed by atoms with E-state index in [2.05, 4.69) is 4.98 Å². The first kappa shape index (κ1) is 17.5. The molecule has 0 amide bonds. The molecule has 27 heavy (non-hydrogen) atoms. The number of benzene rings is 1. The van der Waals surface area contributed by atoms with Gasteiger partial charge in [-0.3, -0.25) is 9.20 Å². The number of fused-ring (bicyclic) bond motifs is 2. The Kier molecular flexibility index (Phi) is 4.35. The minimum atomic E-state index is -0.543. The summed E-state index contributed by atoms with van der Waals surface area (Å²) in [5.41, 5.74) is 0.965. The Morgan fingerprint density at radius 3 is 3.11 bits per heavy atom. The van der Waals surface area contributed by atoms with E-state index in [9.17, 15) is 9.59 Å². The summed E-state index contributed by atoms with van der Waals surface area (Å²) in [6.45, 7) is 3.68. The maximum absolute atomic E-state index is 12.0. The summed E-state index contributed by atoms with van der Waals surface area (Å²) in [7, 11) is 0. The smallest absolute Gasteiger partial charge is 0.344 e. The van der Waals surface area contributed by atoms with Gasteiger partial charge in [0.25, 0.3) is 5.56 Å². The van der Waals surface area contributed by atoms with Gasteiger partial charge in [0.2, 0.25) is 0 Å². The standard InChI is InChI=1S/C19H18N2O5S/c1-19(2)9-12-4-3-5-14(17(12)26-19)24-11-16(23)25-10-13-8-15(22)21-6-7-27-18(21)20-13/h3-8H,9-11H2,1-2H3. The van der Waals surface area contributed by atoms with Crippen LogP contribution in [0.5, 0.6) is 11.5 Å². The third-order valence-corrected chi connectivity index (χ3v) is 4.89. The van der Waals surface area contributed by atoms with E-state index < -0.39 is 5.97 Å². The SMILES string of the molecule is CC1(C)Cc2cccc(OCC(=O)OCc3cc(=O)n4ccsc4n3)c2O1. The van der Waals surface area contributed by atoms with E-state index in [4.69, 9.17) is 14.2 Å². The lowest BCUT2D eigenvalue weighted by Gasteiger charge is -2.18. The van der Waals surface area contributed by atoms with E-state index in [0.29, 0.717) is 22.2 Å². The molecule has 0 atom stereocenters. The van der Waals surface area contributed by atoms with E-state index in [0.717, 1.165) is 12.0 Å². The normalized spacial score (nSPS) is 14.6. The maximum Gasteiger partial charge on any atom is 0.344 e. The third-order valence-electron chi connectivity index (χ3n) is 4.14. The lowest BCUT2D eigenvalue weighted by molar-refractivity contribution is -0.147. The highest BCUT2D eigenvalue weighted by molar-refractivity contribution is 7.15. The molecule has 0 saturated carbocycles. The van der Waals surface area contributed by atoms with Crippen LogP contribution in [0.2, 0.25) is 0 Å². The highest BCUT2D eigenvalue weighted by Crippen LogP contribution is 2.41. The monoisotopic (exact) mass is 386 g/mol. The van der Waals surface area contributed by atoms with Crippen LogP contribution < -0.4 is 15.0 Å². The number of carbonyl (C=O) groups excluding carboxylic acids is 1.